The number of amides is 2. The number of hydrogen-bond donors (Lipinski definition) is 1. The number of β-lactam (4-membered cyclic amide) rings is 1. The van der Waals surface area contributed by atoms with Gasteiger partial charge in [-0.1, -0.05) is 36.9 Å². The topological polar surface area (TPSA) is 128 Å². The number of hydrogen-bond acceptors (Lipinski definition) is 8. The molecule has 2 aliphatic heterocycles. The predicted octanol–water partition coefficient (Wildman–Crippen LogP) is 2.77. The van der Waals surface area contributed by atoms with Crippen molar-refractivity contribution in [1.29, 1.82) is 0 Å². The van der Waals surface area contributed by atoms with Crippen LogP contribution in [0.3, 0.4) is 0 Å². The van der Waals surface area contributed by atoms with E-state index in [1.165, 1.54) is 40.9 Å². The summed E-state index contributed by atoms with van der Waals surface area (Å²) in [4.78, 5) is 49.3. The van der Waals surface area contributed by atoms with Crippen molar-refractivity contribution in [2.45, 2.75) is 30.7 Å². The SMILES string of the molecule is C=C1CS[C@H]2C(NC(=O)OCc3ccc([N+](=O)[O-])cc3)C(=O)N2C1C(=O)OCc1ccccc1. The molecule has 2 saturated heterocycles. The minimum absolute atomic E-state index is 0.0684. The molecule has 2 amide bonds. The van der Waals surface area contributed by atoms with Crippen molar-refractivity contribution in [1.82, 2.24) is 10.2 Å². The quantitative estimate of drug-likeness (QED) is 0.209. The van der Waals surface area contributed by atoms with Crippen molar-refractivity contribution in [2.75, 3.05) is 5.75 Å². The molecule has 2 heterocycles. The average molecular weight is 484 g/mol. The molecule has 0 saturated carbocycles. The smallest absolute Gasteiger partial charge is 0.408 e. The number of esters is 1. The van der Waals surface area contributed by atoms with Gasteiger partial charge in [0.15, 0.2) is 6.04 Å². The van der Waals surface area contributed by atoms with E-state index in [2.05, 4.69) is 11.9 Å². The van der Waals surface area contributed by atoms with Gasteiger partial charge in [0, 0.05) is 17.9 Å². The Hall–Kier alpha value is -3.86. The van der Waals surface area contributed by atoms with Crippen LogP contribution in [-0.2, 0) is 32.3 Å². The highest BCUT2D eigenvalue weighted by molar-refractivity contribution is 8.00. The fourth-order valence-electron chi connectivity index (χ4n) is 3.66. The molecule has 2 aromatic carbocycles. The highest BCUT2D eigenvalue weighted by Crippen LogP contribution is 2.40. The van der Waals surface area contributed by atoms with Gasteiger partial charge in [0.25, 0.3) is 5.69 Å². The van der Waals surface area contributed by atoms with Gasteiger partial charge in [-0.3, -0.25) is 14.9 Å². The molecule has 3 atom stereocenters. The third-order valence-electron chi connectivity index (χ3n) is 5.42. The molecular formula is C23H21N3O7S. The van der Waals surface area contributed by atoms with E-state index in [-0.39, 0.29) is 18.9 Å². The number of carbonyl (C=O) groups is 3. The Morgan fingerprint density at radius 3 is 2.41 bits per heavy atom. The van der Waals surface area contributed by atoms with Gasteiger partial charge in [0.2, 0.25) is 5.91 Å². The minimum atomic E-state index is -0.906. The maximum absolute atomic E-state index is 12.8. The number of non-ortho nitro benzene ring substituents is 1. The van der Waals surface area contributed by atoms with Gasteiger partial charge in [-0.2, -0.15) is 0 Å². The highest BCUT2D eigenvalue weighted by atomic mass is 32.2. The summed E-state index contributed by atoms with van der Waals surface area (Å²) < 4.78 is 10.5. The molecule has 2 unspecified atom stereocenters. The Morgan fingerprint density at radius 1 is 1.09 bits per heavy atom. The van der Waals surface area contributed by atoms with Crippen LogP contribution in [0.15, 0.2) is 66.7 Å². The first-order valence-electron chi connectivity index (χ1n) is 10.3. The van der Waals surface area contributed by atoms with Gasteiger partial charge in [-0.15, -0.1) is 11.8 Å². The number of thioether (sulfide) groups is 1. The Kier molecular flexibility index (Phi) is 6.82. The lowest BCUT2D eigenvalue weighted by molar-refractivity contribution is -0.384. The number of fused-ring (bicyclic) bond motifs is 1. The van der Waals surface area contributed by atoms with Crippen LogP contribution >= 0.6 is 11.8 Å². The summed E-state index contributed by atoms with van der Waals surface area (Å²) in [5, 5.41) is 12.8. The molecule has 0 aromatic heterocycles. The fourth-order valence-corrected chi connectivity index (χ4v) is 4.96. The summed E-state index contributed by atoms with van der Waals surface area (Å²) in [7, 11) is 0. The molecule has 2 aromatic rings. The maximum atomic E-state index is 12.8. The summed E-state index contributed by atoms with van der Waals surface area (Å²) in [6, 6.07) is 13.0. The Labute approximate surface area is 199 Å². The van der Waals surface area contributed by atoms with Crippen molar-refractivity contribution >= 4 is 35.4 Å². The van der Waals surface area contributed by atoms with E-state index in [9.17, 15) is 24.5 Å². The molecule has 0 bridgehead atoms. The second kappa shape index (κ2) is 9.96. The lowest BCUT2D eigenvalue weighted by atomic mass is 9.99. The summed E-state index contributed by atoms with van der Waals surface area (Å²) in [6.07, 6.45) is -0.801. The van der Waals surface area contributed by atoms with Gasteiger partial charge in [-0.05, 0) is 28.8 Å². The zero-order valence-electron chi connectivity index (χ0n) is 17.9. The van der Waals surface area contributed by atoms with Crippen LogP contribution in [0.1, 0.15) is 11.1 Å². The van der Waals surface area contributed by atoms with Gasteiger partial charge in [-0.25, -0.2) is 9.59 Å². The fraction of sp³-hybridized carbons (Fsp3) is 0.261. The molecule has 176 valence electrons. The Morgan fingerprint density at radius 2 is 1.74 bits per heavy atom. The molecule has 0 radical (unpaired) electrons. The number of nitrogens with zero attached hydrogens (tertiary/aromatic N) is 2. The van der Waals surface area contributed by atoms with Crippen molar-refractivity contribution in [3.05, 3.63) is 88.0 Å². The number of alkyl carbamates (subject to hydrolysis) is 1. The van der Waals surface area contributed by atoms with Crippen molar-refractivity contribution < 1.29 is 28.8 Å². The van der Waals surface area contributed by atoms with Gasteiger partial charge in [0.1, 0.15) is 24.6 Å². The van der Waals surface area contributed by atoms with E-state index in [0.29, 0.717) is 16.9 Å². The Balaban J connectivity index is 1.31. The molecule has 11 heteroatoms. The monoisotopic (exact) mass is 483 g/mol. The average Bonchev–Trinajstić information content (AvgIpc) is 2.85. The van der Waals surface area contributed by atoms with Crippen molar-refractivity contribution in [3.63, 3.8) is 0 Å². The van der Waals surface area contributed by atoms with Crippen LogP contribution in [0, 0.1) is 10.1 Å². The van der Waals surface area contributed by atoms with E-state index >= 15 is 0 Å². The molecule has 2 aliphatic rings. The largest absolute Gasteiger partial charge is 0.459 e. The minimum Gasteiger partial charge on any atom is -0.459 e. The van der Waals surface area contributed by atoms with Gasteiger partial charge < -0.3 is 19.7 Å². The lowest BCUT2D eigenvalue weighted by Crippen LogP contribution is -2.74. The van der Waals surface area contributed by atoms with E-state index in [0.717, 1.165) is 5.56 Å². The molecule has 2 fully saturated rings. The first kappa shape index (κ1) is 23.3. The van der Waals surface area contributed by atoms with Gasteiger partial charge in [0.05, 0.1) is 4.92 Å². The third-order valence-corrected chi connectivity index (χ3v) is 6.80. The summed E-state index contributed by atoms with van der Waals surface area (Å²) in [6.45, 7) is 3.89. The van der Waals surface area contributed by atoms with Crippen LogP contribution in [-0.4, -0.2) is 51.0 Å². The standard InChI is InChI=1S/C23H21N3O7S/c1-14-13-34-21-18(24-23(29)33-12-16-7-9-17(10-8-16)26(30)31)20(27)25(21)19(14)22(28)32-11-15-5-3-2-4-6-15/h2-10,18-19,21H,1,11-13H2,(H,24,29)/t18?,19?,21-/m0/s1. The summed E-state index contributed by atoms with van der Waals surface area (Å²) in [5.74, 6) is -0.547. The second-order valence-corrected chi connectivity index (χ2v) is 8.83. The molecule has 34 heavy (non-hydrogen) atoms. The molecule has 10 nitrogen and oxygen atoms in total. The van der Waals surface area contributed by atoms with Crippen LogP contribution in [0.4, 0.5) is 10.5 Å². The third kappa shape index (κ3) is 4.88. The number of nitro benzene ring substituents is 1. The van der Waals surface area contributed by atoms with Gasteiger partial charge >= 0.3 is 12.1 Å². The van der Waals surface area contributed by atoms with Crippen molar-refractivity contribution in [2.24, 2.45) is 0 Å². The zero-order chi connectivity index (χ0) is 24.2. The van der Waals surface area contributed by atoms with Crippen LogP contribution in [0.2, 0.25) is 0 Å². The maximum Gasteiger partial charge on any atom is 0.408 e. The van der Waals surface area contributed by atoms with E-state index in [1.54, 1.807) is 0 Å². The number of rotatable bonds is 7. The van der Waals surface area contributed by atoms with E-state index in [4.69, 9.17) is 9.47 Å². The van der Waals surface area contributed by atoms with E-state index in [1.807, 2.05) is 30.3 Å². The first-order chi connectivity index (χ1) is 16.3. The van der Waals surface area contributed by atoms with Crippen LogP contribution in [0.25, 0.3) is 0 Å². The summed E-state index contributed by atoms with van der Waals surface area (Å²) in [5.41, 5.74) is 1.88. The molecular weight excluding hydrogens is 462 g/mol. The Bertz CT molecular complexity index is 1120. The van der Waals surface area contributed by atoms with E-state index < -0.39 is 40.4 Å². The number of carbonyl (C=O) groups excluding carboxylic acids is 3. The van der Waals surface area contributed by atoms with Crippen LogP contribution in [0.5, 0.6) is 0 Å². The molecule has 4 rings (SSSR count). The summed E-state index contributed by atoms with van der Waals surface area (Å²) >= 11 is 1.39. The number of benzene rings is 2. The second-order valence-electron chi connectivity index (χ2n) is 7.72. The number of ether oxygens (including phenoxy) is 2. The zero-order valence-corrected chi connectivity index (χ0v) is 18.7. The first-order valence-corrected chi connectivity index (χ1v) is 11.4. The van der Waals surface area contributed by atoms with Crippen molar-refractivity contribution in [3.8, 4) is 0 Å². The normalized spacial score (nSPS) is 21.2. The molecule has 1 N–H and O–H groups in total. The van der Waals surface area contributed by atoms with Crippen LogP contribution < -0.4 is 5.32 Å². The number of nitro groups is 1. The molecule has 0 aliphatic carbocycles. The predicted molar refractivity (Wildman–Crippen MR) is 122 cm³/mol. The number of nitrogens with one attached hydrogen (secondary N) is 1. The highest BCUT2D eigenvalue weighted by Gasteiger charge is 2.56. The molecule has 0 spiro atoms. The lowest BCUT2D eigenvalue weighted by Gasteiger charge is -2.52.